The second-order valence-corrected chi connectivity index (χ2v) is 4.98. The van der Waals surface area contributed by atoms with Crippen molar-refractivity contribution in [3.8, 4) is 0 Å². The van der Waals surface area contributed by atoms with Crippen LogP contribution in [-0.4, -0.2) is 10.2 Å². The Bertz CT molecular complexity index is 231. The minimum atomic E-state index is 0.242. The standard InChI is InChI=1S/C16H30O3/c1-3-5-7-9-11-15(17)13-19-14-16(18)12-10-8-6-4-2/h13-14,17-18H,3-12H2,1-2H3. The molecule has 0 amide bonds. The van der Waals surface area contributed by atoms with Gasteiger partial charge in [0.1, 0.15) is 24.0 Å². The first-order valence-electron chi connectivity index (χ1n) is 7.62. The molecule has 19 heavy (non-hydrogen) atoms. The van der Waals surface area contributed by atoms with Crippen molar-refractivity contribution < 1.29 is 14.9 Å². The first-order chi connectivity index (χ1) is 9.20. The molecule has 3 nitrogen and oxygen atoms in total. The molecule has 0 unspecified atom stereocenters. The molecule has 0 aliphatic carbocycles. The predicted octanol–water partition coefficient (Wildman–Crippen LogP) is 5.74. The van der Waals surface area contributed by atoms with E-state index in [-0.39, 0.29) is 11.5 Å². The third-order valence-electron chi connectivity index (χ3n) is 2.98. The van der Waals surface area contributed by atoms with Crippen molar-refractivity contribution in [2.75, 3.05) is 0 Å². The Labute approximate surface area is 118 Å². The quantitative estimate of drug-likeness (QED) is 0.351. The van der Waals surface area contributed by atoms with Crippen molar-refractivity contribution >= 4 is 0 Å². The van der Waals surface area contributed by atoms with Crippen LogP contribution in [0.2, 0.25) is 0 Å². The molecule has 0 aliphatic heterocycles. The first-order valence-corrected chi connectivity index (χ1v) is 7.62. The molecule has 3 heteroatoms. The average Bonchev–Trinajstić information content (AvgIpc) is 2.40. The topological polar surface area (TPSA) is 49.7 Å². The van der Waals surface area contributed by atoms with Crippen LogP contribution in [0.5, 0.6) is 0 Å². The molecule has 2 N–H and O–H groups in total. The summed E-state index contributed by atoms with van der Waals surface area (Å²) >= 11 is 0. The van der Waals surface area contributed by atoms with Gasteiger partial charge in [-0.05, 0) is 12.8 Å². The van der Waals surface area contributed by atoms with Gasteiger partial charge < -0.3 is 14.9 Å². The fourth-order valence-electron chi connectivity index (χ4n) is 1.77. The summed E-state index contributed by atoms with van der Waals surface area (Å²) in [7, 11) is 0. The van der Waals surface area contributed by atoms with Gasteiger partial charge in [-0.15, -0.1) is 0 Å². The third-order valence-corrected chi connectivity index (χ3v) is 2.98. The van der Waals surface area contributed by atoms with Crippen LogP contribution in [0.25, 0.3) is 0 Å². The maximum atomic E-state index is 9.53. The Morgan fingerprint density at radius 3 is 1.53 bits per heavy atom. The van der Waals surface area contributed by atoms with E-state index < -0.39 is 0 Å². The number of aliphatic hydroxyl groups excluding tert-OH is 2. The molecule has 0 bridgehead atoms. The summed E-state index contributed by atoms with van der Waals surface area (Å²) in [6.07, 6.45) is 12.9. The second kappa shape index (κ2) is 13.3. The molecule has 0 aromatic rings. The lowest BCUT2D eigenvalue weighted by Crippen LogP contribution is -1.87. The molecule has 0 spiro atoms. The lowest BCUT2D eigenvalue weighted by molar-refractivity contribution is 0.292. The van der Waals surface area contributed by atoms with Gasteiger partial charge >= 0.3 is 0 Å². The fourth-order valence-corrected chi connectivity index (χ4v) is 1.77. The van der Waals surface area contributed by atoms with E-state index in [0.717, 1.165) is 25.7 Å². The molecule has 0 aromatic heterocycles. The van der Waals surface area contributed by atoms with Gasteiger partial charge in [0.05, 0.1) is 0 Å². The van der Waals surface area contributed by atoms with Crippen molar-refractivity contribution in [1.29, 1.82) is 0 Å². The van der Waals surface area contributed by atoms with E-state index in [2.05, 4.69) is 13.8 Å². The zero-order chi connectivity index (χ0) is 14.3. The summed E-state index contributed by atoms with van der Waals surface area (Å²) in [5.41, 5.74) is 0. The molecule has 0 heterocycles. The monoisotopic (exact) mass is 270 g/mol. The molecular formula is C16H30O3. The highest BCUT2D eigenvalue weighted by molar-refractivity contribution is 4.90. The predicted molar refractivity (Wildman–Crippen MR) is 80.0 cm³/mol. The van der Waals surface area contributed by atoms with E-state index in [4.69, 9.17) is 4.74 Å². The average molecular weight is 270 g/mol. The number of aliphatic hydroxyl groups is 2. The van der Waals surface area contributed by atoms with Gasteiger partial charge in [0, 0.05) is 12.8 Å². The Morgan fingerprint density at radius 2 is 1.16 bits per heavy atom. The summed E-state index contributed by atoms with van der Waals surface area (Å²) in [5, 5.41) is 19.1. The molecule has 0 atom stereocenters. The summed E-state index contributed by atoms with van der Waals surface area (Å²) in [6.45, 7) is 4.32. The van der Waals surface area contributed by atoms with Gasteiger partial charge in [0.25, 0.3) is 0 Å². The van der Waals surface area contributed by atoms with Gasteiger partial charge in [-0.25, -0.2) is 0 Å². The number of allylic oxidation sites excluding steroid dienone is 2. The van der Waals surface area contributed by atoms with E-state index in [1.165, 1.54) is 38.2 Å². The smallest absolute Gasteiger partial charge is 0.128 e. The van der Waals surface area contributed by atoms with Crippen molar-refractivity contribution in [2.45, 2.75) is 78.1 Å². The zero-order valence-electron chi connectivity index (χ0n) is 12.5. The highest BCUT2D eigenvalue weighted by Gasteiger charge is 1.96. The van der Waals surface area contributed by atoms with Crippen LogP contribution in [0.1, 0.15) is 78.1 Å². The van der Waals surface area contributed by atoms with Crippen LogP contribution >= 0.6 is 0 Å². The maximum Gasteiger partial charge on any atom is 0.128 e. The number of hydrogen-bond acceptors (Lipinski definition) is 3. The molecule has 0 fully saturated rings. The van der Waals surface area contributed by atoms with Crippen molar-refractivity contribution in [3.05, 3.63) is 24.0 Å². The fraction of sp³-hybridized carbons (Fsp3) is 0.750. The largest absolute Gasteiger partial charge is 0.509 e. The second-order valence-electron chi connectivity index (χ2n) is 4.98. The van der Waals surface area contributed by atoms with Crippen molar-refractivity contribution in [1.82, 2.24) is 0 Å². The van der Waals surface area contributed by atoms with Gasteiger partial charge in [-0.2, -0.15) is 0 Å². The van der Waals surface area contributed by atoms with Gasteiger partial charge in [-0.3, -0.25) is 0 Å². The molecule has 0 aromatic carbocycles. The zero-order valence-corrected chi connectivity index (χ0v) is 12.5. The van der Waals surface area contributed by atoms with Crippen LogP contribution < -0.4 is 0 Å². The summed E-state index contributed by atoms with van der Waals surface area (Å²) in [6, 6.07) is 0. The Hall–Kier alpha value is -1.12. The number of hydrogen-bond donors (Lipinski definition) is 2. The van der Waals surface area contributed by atoms with Gasteiger partial charge in [-0.1, -0.05) is 52.4 Å². The van der Waals surface area contributed by atoms with Crippen LogP contribution in [-0.2, 0) is 4.74 Å². The minimum Gasteiger partial charge on any atom is -0.509 e. The van der Waals surface area contributed by atoms with Gasteiger partial charge in [0.15, 0.2) is 0 Å². The Morgan fingerprint density at radius 1 is 0.737 bits per heavy atom. The summed E-state index contributed by atoms with van der Waals surface area (Å²) < 4.78 is 5.05. The lowest BCUT2D eigenvalue weighted by Gasteiger charge is -2.01. The van der Waals surface area contributed by atoms with E-state index in [1.54, 1.807) is 0 Å². The molecular weight excluding hydrogens is 240 g/mol. The van der Waals surface area contributed by atoms with Crippen LogP contribution in [0, 0.1) is 0 Å². The number of rotatable bonds is 12. The van der Waals surface area contributed by atoms with Crippen LogP contribution in [0.15, 0.2) is 24.0 Å². The minimum absolute atomic E-state index is 0.242. The Balaban J connectivity index is 3.65. The maximum absolute atomic E-state index is 9.53. The molecule has 0 rings (SSSR count). The Kier molecular flexibility index (Phi) is 12.5. The lowest BCUT2D eigenvalue weighted by atomic mass is 10.1. The SMILES string of the molecule is CCCCCCC(O)=COC=C(O)CCCCCC. The van der Waals surface area contributed by atoms with Crippen LogP contribution in [0.4, 0.5) is 0 Å². The normalized spacial score (nSPS) is 12.7. The number of unbranched alkanes of at least 4 members (excludes halogenated alkanes) is 6. The third kappa shape index (κ3) is 13.1. The highest BCUT2D eigenvalue weighted by Crippen LogP contribution is 2.10. The molecule has 0 saturated heterocycles. The van der Waals surface area contributed by atoms with Gasteiger partial charge in [0.2, 0.25) is 0 Å². The molecule has 0 aliphatic rings. The van der Waals surface area contributed by atoms with E-state index in [9.17, 15) is 10.2 Å². The van der Waals surface area contributed by atoms with Crippen LogP contribution in [0.3, 0.4) is 0 Å². The molecule has 0 saturated carbocycles. The summed E-state index contributed by atoms with van der Waals surface area (Å²) in [4.78, 5) is 0. The first kappa shape index (κ1) is 17.9. The summed E-state index contributed by atoms with van der Waals surface area (Å²) in [5.74, 6) is 0.484. The van der Waals surface area contributed by atoms with Crippen molar-refractivity contribution in [3.63, 3.8) is 0 Å². The van der Waals surface area contributed by atoms with Crippen molar-refractivity contribution in [2.24, 2.45) is 0 Å². The highest BCUT2D eigenvalue weighted by atomic mass is 16.5. The number of ether oxygens (including phenoxy) is 1. The molecule has 112 valence electrons. The van der Waals surface area contributed by atoms with E-state index in [0.29, 0.717) is 12.8 Å². The molecule has 0 radical (unpaired) electrons. The van der Waals surface area contributed by atoms with E-state index >= 15 is 0 Å². The van der Waals surface area contributed by atoms with E-state index in [1.807, 2.05) is 0 Å².